The Labute approximate surface area is 119 Å². The summed E-state index contributed by atoms with van der Waals surface area (Å²) in [6.45, 7) is 4.63. The van der Waals surface area contributed by atoms with Crippen molar-refractivity contribution >= 4 is 22.4 Å². The van der Waals surface area contributed by atoms with Crippen molar-refractivity contribution < 1.29 is 0 Å². The first-order valence-electron chi connectivity index (χ1n) is 7.29. The lowest BCUT2D eigenvalue weighted by Gasteiger charge is -2.14. The van der Waals surface area contributed by atoms with Crippen LogP contribution in [-0.2, 0) is 0 Å². The number of anilines is 2. The molecule has 1 saturated heterocycles. The van der Waals surface area contributed by atoms with Gasteiger partial charge in [0.15, 0.2) is 0 Å². The molecule has 0 spiro atoms. The van der Waals surface area contributed by atoms with E-state index >= 15 is 0 Å². The number of nitrogen functional groups attached to an aromatic ring is 1. The maximum absolute atomic E-state index is 5.78. The number of rotatable bonds is 5. The summed E-state index contributed by atoms with van der Waals surface area (Å²) in [4.78, 5) is 11.1. The monoisotopic (exact) mass is 271 g/mol. The SMILES string of the molecule is Nc1ccc2c(NCCCN3CCCC3)ncnc2c1. The Morgan fingerprint density at radius 1 is 1.20 bits per heavy atom. The van der Waals surface area contributed by atoms with Gasteiger partial charge in [0, 0.05) is 17.6 Å². The zero-order valence-electron chi connectivity index (χ0n) is 11.7. The van der Waals surface area contributed by atoms with E-state index in [4.69, 9.17) is 5.73 Å². The van der Waals surface area contributed by atoms with Crippen LogP contribution in [0.1, 0.15) is 19.3 Å². The van der Waals surface area contributed by atoms with Crippen LogP contribution in [0.2, 0.25) is 0 Å². The molecule has 0 unspecified atom stereocenters. The number of nitrogens with one attached hydrogen (secondary N) is 1. The Bertz CT molecular complexity index is 577. The zero-order valence-corrected chi connectivity index (χ0v) is 11.7. The van der Waals surface area contributed by atoms with E-state index in [-0.39, 0.29) is 0 Å². The summed E-state index contributed by atoms with van der Waals surface area (Å²) in [5.41, 5.74) is 7.40. The van der Waals surface area contributed by atoms with Gasteiger partial charge in [0.1, 0.15) is 12.1 Å². The molecule has 0 radical (unpaired) electrons. The lowest BCUT2D eigenvalue weighted by Crippen LogP contribution is -2.22. The molecule has 0 bridgehead atoms. The standard InChI is InChI=1S/C15H21N5/c16-12-4-5-13-14(10-12)18-11-19-15(13)17-6-3-9-20-7-1-2-8-20/h4-5,10-11H,1-3,6-9,16H2,(H,17,18,19). The first-order valence-corrected chi connectivity index (χ1v) is 7.29. The van der Waals surface area contributed by atoms with Crippen molar-refractivity contribution in [2.24, 2.45) is 0 Å². The molecule has 5 heteroatoms. The first kappa shape index (κ1) is 13.1. The Kier molecular flexibility index (Phi) is 3.97. The topological polar surface area (TPSA) is 67.1 Å². The third-order valence-electron chi connectivity index (χ3n) is 3.80. The molecule has 2 heterocycles. The van der Waals surface area contributed by atoms with Gasteiger partial charge in [0.05, 0.1) is 5.52 Å². The van der Waals surface area contributed by atoms with Crippen molar-refractivity contribution in [3.05, 3.63) is 24.5 Å². The van der Waals surface area contributed by atoms with Gasteiger partial charge in [-0.2, -0.15) is 0 Å². The molecule has 0 saturated carbocycles. The normalized spacial score (nSPS) is 15.8. The lowest BCUT2D eigenvalue weighted by atomic mass is 10.2. The molecule has 0 atom stereocenters. The molecule has 2 aromatic rings. The van der Waals surface area contributed by atoms with Crippen LogP contribution in [-0.4, -0.2) is 41.0 Å². The molecular weight excluding hydrogens is 250 g/mol. The second kappa shape index (κ2) is 6.05. The molecule has 106 valence electrons. The van der Waals surface area contributed by atoms with Gasteiger partial charge in [-0.1, -0.05) is 0 Å². The highest BCUT2D eigenvalue weighted by Crippen LogP contribution is 2.21. The van der Waals surface area contributed by atoms with E-state index in [9.17, 15) is 0 Å². The molecule has 0 aliphatic carbocycles. The molecule has 20 heavy (non-hydrogen) atoms. The molecule has 5 nitrogen and oxygen atoms in total. The van der Waals surface area contributed by atoms with Crippen LogP contribution in [0, 0.1) is 0 Å². The Morgan fingerprint density at radius 3 is 2.90 bits per heavy atom. The highest BCUT2D eigenvalue weighted by Gasteiger charge is 2.10. The second-order valence-corrected chi connectivity index (χ2v) is 5.33. The Balaban J connectivity index is 1.59. The summed E-state index contributed by atoms with van der Waals surface area (Å²) < 4.78 is 0. The average Bonchev–Trinajstić information content (AvgIpc) is 2.96. The Hall–Kier alpha value is -1.88. The largest absolute Gasteiger partial charge is 0.399 e. The summed E-state index contributed by atoms with van der Waals surface area (Å²) in [6.07, 6.45) is 5.43. The molecule has 3 N–H and O–H groups in total. The summed E-state index contributed by atoms with van der Waals surface area (Å²) >= 11 is 0. The maximum atomic E-state index is 5.78. The van der Waals surface area contributed by atoms with Crippen molar-refractivity contribution in [1.82, 2.24) is 14.9 Å². The zero-order chi connectivity index (χ0) is 13.8. The minimum absolute atomic E-state index is 0.733. The van der Waals surface area contributed by atoms with E-state index in [1.807, 2.05) is 18.2 Å². The summed E-state index contributed by atoms with van der Waals surface area (Å²) in [5, 5.41) is 4.44. The van der Waals surface area contributed by atoms with Crippen molar-refractivity contribution in [3.63, 3.8) is 0 Å². The van der Waals surface area contributed by atoms with Gasteiger partial charge >= 0.3 is 0 Å². The first-order chi connectivity index (χ1) is 9.83. The van der Waals surface area contributed by atoms with Crippen LogP contribution < -0.4 is 11.1 Å². The van der Waals surface area contributed by atoms with Gasteiger partial charge in [0.25, 0.3) is 0 Å². The van der Waals surface area contributed by atoms with Gasteiger partial charge in [-0.05, 0) is 57.1 Å². The number of hydrogen-bond acceptors (Lipinski definition) is 5. The van der Waals surface area contributed by atoms with Crippen molar-refractivity contribution in [1.29, 1.82) is 0 Å². The number of hydrogen-bond donors (Lipinski definition) is 2. The molecule has 1 aromatic heterocycles. The van der Waals surface area contributed by atoms with Crippen molar-refractivity contribution in [2.45, 2.75) is 19.3 Å². The van der Waals surface area contributed by atoms with Crippen LogP contribution in [0.25, 0.3) is 10.9 Å². The van der Waals surface area contributed by atoms with Crippen molar-refractivity contribution in [2.75, 3.05) is 37.2 Å². The van der Waals surface area contributed by atoms with Gasteiger partial charge in [0.2, 0.25) is 0 Å². The third-order valence-corrected chi connectivity index (χ3v) is 3.80. The van der Waals surface area contributed by atoms with Crippen LogP contribution in [0.4, 0.5) is 11.5 Å². The van der Waals surface area contributed by atoms with Crippen LogP contribution in [0.3, 0.4) is 0 Å². The minimum atomic E-state index is 0.733. The van der Waals surface area contributed by atoms with Crippen molar-refractivity contribution in [3.8, 4) is 0 Å². The van der Waals surface area contributed by atoms with Gasteiger partial charge < -0.3 is 16.0 Å². The number of benzene rings is 1. The molecule has 1 aliphatic rings. The summed E-state index contributed by atoms with van der Waals surface area (Å²) in [5.74, 6) is 0.899. The van der Waals surface area contributed by atoms with Crippen LogP contribution in [0.15, 0.2) is 24.5 Å². The summed E-state index contributed by atoms with van der Waals surface area (Å²) in [6, 6.07) is 5.75. The summed E-state index contributed by atoms with van der Waals surface area (Å²) in [7, 11) is 0. The number of aromatic nitrogens is 2. The highest BCUT2D eigenvalue weighted by molar-refractivity contribution is 5.90. The fourth-order valence-electron chi connectivity index (χ4n) is 2.73. The molecular formula is C15H21N5. The predicted molar refractivity (Wildman–Crippen MR) is 82.7 cm³/mol. The fourth-order valence-corrected chi connectivity index (χ4v) is 2.73. The van der Waals surface area contributed by atoms with E-state index in [2.05, 4.69) is 20.2 Å². The maximum Gasteiger partial charge on any atom is 0.137 e. The van der Waals surface area contributed by atoms with E-state index in [0.29, 0.717) is 0 Å². The fraction of sp³-hybridized carbons (Fsp3) is 0.467. The van der Waals surface area contributed by atoms with E-state index in [1.165, 1.54) is 32.5 Å². The van der Waals surface area contributed by atoms with E-state index in [1.54, 1.807) is 6.33 Å². The van der Waals surface area contributed by atoms with Gasteiger partial charge in [-0.25, -0.2) is 9.97 Å². The average molecular weight is 271 g/mol. The van der Waals surface area contributed by atoms with Crippen LogP contribution in [0.5, 0.6) is 0 Å². The number of fused-ring (bicyclic) bond motifs is 1. The smallest absolute Gasteiger partial charge is 0.137 e. The van der Waals surface area contributed by atoms with Gasteiger partial charge in [-0.3, -0.25) is 0 Å². The molecule has 1 aromatic carbocycles. The number of nitrogens with two attached hydrogens (primary N) is 1. The Morgan fingerprint density at radius 2 is 2.05 bits per heavy atom. The van der Waals surface area contributed by atoms with Crippen LogP contribution >= 0.6 is 0 Å². The lowest BCUT2D eigenvalue weighted by molar-refractivity contribution is 0.337. The molecule has 1 fully saturated rings. The molecule has 1 aliphatic heterocycles. The molecule has 3 rings (SSSR count). The van der Waals surface area contributed by atoms with E-state index in [0.717, 1.165) is 35.4 Å². The number of nitrogens with zero attached hydrogens (tertiary/aromatic N) is 3. The second-order valence-electron chi connectivity index (χ2n) is 5.33. The predicted octanol–water partition coefficient (Wildman–Crippen LogP) is 2.11. The van der Waals surface area contributed by atoms with E-state index < -0.39 is 0 Å². The minimum Gasteiger partial charge on any atom is -0.399 e. The highest BCUT2D eigenvalue weighted by atomic mass is 15.1. The number of likely N-dealkylation sites (tertiary alicyclic amines) is 1. The quantitative estimate of drug-likeness (QED) is 0.644. The molecule has 0 amide bonds. The van der Waals surface area contributed by atoms with Gasteiger partial charge in [-0.15, -0.1) is 0 Å². The third kappa shape index (κ3) is 2.99.